The first kappa shape index (κ1) is 7.98. The van der Waals surface area contributed by atoms with Crippen molar-refractivity contribution >= 4 is 0 Å². The van der Waals surface area contributed by atoms with Crippen molar-refractivity contribution in [3.8, 4) is 0 Å². The third-order valence-corrected chi connectivity index (χ3v) is 1.85. The third-order valence-electron chi connectivity index (χ3n) is 1.85. The lowest BCUT2D eigenvalue weighted by Gasteiger charge is -2.30. The summed E-state index contributed by atoms with van der Waals surface area (Å²) in [5.41, 5.74) is 0. The predicted octanol–water partition coefficient (Wildman–Crippen LogP) is -0.0929. The molecule has 3 heteroatoms. The molecule has 0 bridgehead atoms. The molecule has 0 saturated carbocycles. The van der Waals surface area contributed by atoms with Gasteiger partial charge in [-0.15, -0.1) is 0 Å². The molecule has 60 valence electrons. The van der Waals surface area contributed by atoms with Gasteiger partial charge in [0.15, 0.2) is 0 Å². The Morgan fingerprint density at radius 2 is 2.20 bits per heavy atom. The molecule has 10 heavy (non-hydrogen) atoms. The summed E-state index contributed by atoms with van der Waals surface area (Å²) in [6.45, 7) is 2.33. The highest BCUT2D eigenvalue weighted by Gasteiger charge is 2.26. The summed E-state index contributed by atoms with van der Waals surface area (Å²) >= 11 is 0. The molecule has 1 aliphatic rings. The maximum Gasteiger partial charge on any atom is 0.0833 e. The van der Waals surface area contributed by atoms with Crippen LogP contribution in [0.5, 0.6) is 0 Å². The average molecular weight is 146 g/mol. The molecule has 1 saturated heterocycles. The maximum atomic E-state index is 9.25. The van der Waals surface area contributed by atoms with Gasteiger partial charge >= 0.3 is 0 Å². The predicted molar refractivity (Wildman–Crippen MR) is 36.7 cm³/mol. The van der Waals surface area contributed by atoms with E-state index in [1.54, 1.807) is 0 Å². The van der Waals surface area contributed by atoms with Crippen molar-refractivity contribution in [2.45, 2.75) is 38.1 Å². The Labute approximate surface area is 60.6 Å². The topological polar surface area (TPSA) is 49.7 Å². The van der Waals surface area contributed by atoms with Crippen molar-refractivity contribution in [3.63, 3.8) is 0 Å². The maximum absolute atomic E-state index is 9.25. The van der Waals surface area contributed by atoms with E-state index in [2.05, 4.69) is 0 Å². The summed E-state index contributed by atoms with van der Waals surface area (Å²) in [4.78, 5) is 0. The summed E-state index contributed by atoms with van der Waals surface area (Å²) in [5, 5.41) is 18.3. The second-order valence-corrected chi connectivity index (χ2v) is 2.74. The second-order valence-electron chi connectivity index (χ2n) is 2.74. The molecule has 1 aliphatic heterocycles. The summed E-state index contributed by atoms with van der Waals surface area (Å²) in [6, 6.07) is 0. The lowest BCUT2D eigenvalue weighted by molar-refractivity contribution is -0.123. The van der Waals surface area contributed by atoms with Crippen molar-refractivity contribution in [2.24, 2.45) is 0 Å². The van der Waals surface area contributed by atoms with Crippen LogP contribution in [0.3, 0.4) is 0 Å². The van der Waals surface area contributed by atoms with E-state index in [0.29, 0.717) is 13.0 Å². The van der Waals surface area contributed by atoms with E-state index in [1.807, 2.05) is 6.92 Å². The van der Waals surface area contributed by atoms with Gasteiger partial charge in [0.1, 0.15) is 0 Å². The average Bonchev–Trinajstić information content (AvgIpc) is 1.88. The van der Waals surface area contributed by atoms with E-state index < -0.39 is 12.2 Å². The summed E-state index contributed by atoms with van der Waals surface area (Å²) in [6.07, 6.45) is 0.252. The molecule has 3 unspecified atom stereocenters. The number of hydrogen-bond donors (Lipinski definition) is 2. The zero-order chi connectivity index (χ0) is 7.56. The van der Waals surface area contributed by atoms with Gasteiger partial charge in [0.2, 0.25) is 0 Å². The van der Waals surface area contributed by atoms with E-state index in [9.17, 15) is 5.11 Å². The monoisotopic (exact) mass is 146 g/mol. The van der Waals surface area contributed by atoms with E-state index in [0.717, 1.165) is 6.42 Å². The Bertz CT molecular complexity index is 105. The SMILES string of the molecule is CCC1OCC(O)CC1O. The zero-order valence-electron chi connectivity index (χ0n) is 6.16. The molecule has 1 rings (SSSR count). The molecule has 0 amide bonds. The number of ether oxygens (including phenoxy) is 1. The highest BCUT2D eigenvalue weighted by Crippen LogP contribution is 2.16. The van der Waals surface area contributed by atoms with Crippen molar-refractivity contribution < 1.29 is 14.9 Å². The molecule has 0 aliphatic carbocycles. The molecule has 2 N–H and O–H groups in total. The molecular weight excluding hydrogens is 132 g/mol. The van der Waals surface area contributed by atoms with Crippen LogP contribution in [0, 0.1) is 0 Å². The van der Waals surface area contributed by atoms with Gasteiger partial charge in [0.05, 0.1) is 24.9 Å². The Balaban J connectivity index is 2.36. The normalized spacial score (nSPS) is 41.7. The van der Waals surface area contributed by atoms with E-state index in [1.165, 1.54) is 0 Å². The van der Waals surface area contributed by atoms with E-state index >= 15 is 0 Å². The van der Waals surface area contributed by atoms with Crippen LogP contribution in [0.15, 0.2) is 0 Å². The van der Waals surface area contributed by atoms with Crippen LogP contribution in [0.2, 0.25) is 0 Å². The molecule has 0 spiro atoms. The second kappa shape index (κ2) is 3.32. The van der Waals surface area contributed by atoms with Gasteiger partial charge in [-0.05, 0) is 6.42 Å². The van der Waals surface area contributed by atoms with Crippen LogP contribution in [0.25, 0.3) is 0 Å². The van der Waals surface area contributed by atoms with Crippen molar-refractivity contribution in [1.82, 2.24) is 0 Å². The number of aliphatic hydroxyl groups is 2. The van der Waals surface area contributed by atoms with Gasteiger partial charge in [0.25, 0.3) is 0 Å². The first-order valence-electron chi connectivity index (χ1n) is 3.71. The Morgan fingerprint density at radius 1 is 1.50 bits per heavy atom. The fourth-order valence-corrected chi connectivity index (χ4v) is 1.23. The quantitative estimate of drug-likeness (QED) is 0.543. The van der Waals surface area contributed by atoms with Crippen LogP contribution >= 0.6 is 0 Å². The van der Waals surface area contributed by atoms with Crippen molar-refractivity contribution in [1.29, 1.82) is 0 Å². The van der Waals surface area contributed by atoms with Crippen molar-refractivity contribution in [2.75, 3.05) is 6.61 Å². The third kappa shape index (κ3) is 1.68. The Kier molecular flexibility index (Phi) is 2.65. The molecule has 0 aromatic heterocycles. The van der Waals surface area contributed by atoms with Gasteiger partial charge in [-0.3, -0.25) is 0 Å². The van der Waals surface area contributed by atoms with Gasteiger partial charge in [-0.1, -0.05) is 6.92 Å². The highest BCUT2D eigenvalue weighted by molar-refractivity contribution is 4.76. The van der Waals surface area contributed by atoms with Gasteiger partial charge in [-0.25, -0.2) is 0 Å². The summed E-state index contributed by atoms with van der Waals surface area (Å²) in [7, 11) is 0. The lowest BCUT2D eigenvalue weighted by Crippen LogP contribution is -2.40. The van der Waals surface area contributed by atoms with Crippen LogP contribution in [0.1, 0.15) is 19.8 Å². The molecule has 3 nitrogen and oxygen atoms in total. The van der Waals surface area contributed by atoms with Gasteiger partial charge in [0, 0.05) is 6.42 Å². The molecule has 0 aromatic rings. The number of rotatable bonds is 1. The molecular formula is C7H14O3. The first-order valence-corrected chi connectivity index (χ1v) is 3.71. The molecule has 0 radical (unpaired) electrons. The van der Waals surface area contributed by atoms with E-state index in [-0.39, 0.29) is 6.10 Å². The zero-order valence-corrected chi connectivity index (χ0v) is 6.16. The smallest absolute Gasteiger partial charge is 0.0833 e. The summed E-state index contributed by atoms with van der Waals surface area (Å²) < 4.78 is 5.15. The van der Waals surface area contributed by atoms with Crippen LogP contribution in [-0.2, 0) is 4.74 Å². The van der Waals surface area contributed by atoms with Crippen molar-refractivity contribution in [3.05, 3.63) is 0 Å². The number of aliphatic hydroxyl groups excluding tert-OH is 2. The molecule has 0 aromatic carbocycles. The van der Waals surface area contributed by atoms with Crippen LogP contribution < -0.4 is 0 Å². The largest absolute Gasteiger partial charge is 0.391 e. The summed E-state index contributed by atoms with van der Waals surface area (Å²) in [5.74, 6) is 0. The molecule has 1 heterocycles. The Hall–Kier alpha value is -0.120. The van der Waals surface area contributed by atoms with Gasteiger partial charge < -0.3 is 14.9 Å². The minimum absolute atomic E-state index is 0.0663. The molecule has 1 fully saturated rings. The standard InChI is InChI=1S/C7H14O3/c1-2-7-6(9)3-5(8)4-10-7/h5-9H,2-4H2,1H3. The Morgan fingerprint density at radius 3 is 2.70 bits per heavy atom. The minimum Gasteiger partial charge on any atom is -0.391 e. The fraction of sp³-hybridized carbons (Fsp3) is 1.00. The first-order chi connectivity index (χ1) is 4.74. The van der Waals surface area contributed by atoms with Crippen LogP contribution in [0.4, 0.5) is 0 Å². The van der Waals surface area contributed by atoms with E-state index in [4.69, 9.17) is 9.84 Å². The molecule has 3 atom stereocenters. The highest BCUT2D eigenvalue weighted by atomic mass is 16.5. The fourth-order valence-electron chi connectivity index (χ4n) is 1.23. The van der Waals surface area contributed by atoms with Gasteiger partial charge in [-0.2, -0.15) is 0 Å². The van der Waals surface area contributed by atoms with Crippen LogP contribution in [-0.4, -0.2) is 35.1 Å². The minimum atomic E-state index is -0.478. The number of hydrogen-bond acceptors (Lipinski definition) is 3. The lowest BCUT2D eigenvalue weighted by atomic mass is 10.0.